The van der Waals surface area contributed by atoms with Crippen molar-refractivity contribution >= 4 is 11.9 Å². The Balaban J connectivity index is 1.50. The Morgan fingerprint density at radius 2 is 1.62 bits per heavy atom. The maximum absolute atomic E-state index is 11.6. The first-order valence-electron chi connectivity index (χ1n) is 11.6. The van der Waals surface area contributed by atoms with Crippen molar-refractivity contribution in [1.29, 1.82) is 0 Å². The van der Waals surface area contributed by atoms with Crippen LogP contribution < -0.4 is 0 Å². The molecular weight excluding hydrogens is 368 g/mol. The zero-order chi connectivity index (χ0) is 21.0. The van der Waals surface area contributed by atoms with Gasteiger partial charge in [-0.2, -0.15) is 0 Å². The van der Waals surface area contributed by atoms with Crippen molar-refractivity contribution in [3.05, 3.63) is 0 Å². The fraction of sp³-hybridized carbons (Fsp3) is 0.917. The van der Waals surface area contributed by atoms with Crippen LogP contribution in [0.15, 0.2) is 0 Å². The number of fused-ring (bicyclic) bond motifs is 5. The minimum absolute atomic E-state index is 0.0802. The van der Waals surface area contributed by atoms with E-state index in [0.717, 1.165) is 32.1 Å². The van der Waals surface area contributed by atoms with Crippen LogP contribution in [0.4, 0.5) is 0 Å². The van der Waals surface area contributed by atoms with Crippen LogP contribution in [-0.4, -0.2) is 35.4 Å². The van der Waals surface area contributed by atoms with E-state index in [0.29, 0.717) is 30.1 Å². The summed E-state index contributed by atoms with van der Waals surface area (Å²) in [5.41, 5.74) is -0.480. The third-order valence-corrected chi connectivity index (χ3v) is 9.59. The van der Waals surface area contributed by atoms with E-state index in [9.17, 15) is 14.7 Å². The highest BCUT2D eigenvalue weighted by Gasteiger charge is 2.62. The molecule has 0 radical (unpaired) electrons. The van der Waals surface area contributed by atoms with Gasteiger partial charge in [0.15, 0.2) is 0 Å². The van der Waals surface area contributed by atoms with E-state index in [1.54, 1.807) is 0 Å². The lowest BCUT2D eigenvalue weighted by Gasteiger charge is -2.61. The van der Waals surface area contributed by atoms with Crippen molar-refractivity contribution in [2.75, 3.05) is 6.61 Å². The fourth-order valence-electron chi connectivity index (χ4n) is 8.04. The van der Waals surface area contributed by atoms with Crippen molar-refractivity contribution in [2.24, 2.45) is 34.5 Å². The second-order valence-corrected chi connectivity index (χ2v) is 11.1. The molecule has 5 nitrogen and oxygen atoms in total. The molecule has 0 amide bonds. The summed E-state index contributed by atoms with van der Waals surface area (Å²) in [7, 11) is 0. The molecule has 0 aromatic carbocycles. The van der Waals surface area contributed by atoms with E-state index in [1.165, 1.54) is 33.1 Å². The molecule has 0 spiro atoms. The standard InChI is InChI=1S/C24H38O5/c1-15(25)28-14-24(27)12-11-22(3)17(13-24)5-6-18-19-7-8-21(29-16(2)26)23(19,4)10-9-20(18)22/h17-21,27H,5-14H2,1-4H3/t17-,18-,19-,20-,21-,22-,23-,24-/m0/s1. The van der Waals surface area contributed by atoms with Crippen molar-refractivity contribution in [2.45, 2.75) is 97.2 Å². The molecule has 8 atom stereocenters. The highest BCUT2D eigenvalue weighted by Crippen LogP contribution is 2.67. The molecule has 4 aliphatic rings. The van der Waals surface area contributed by atoms with Crippen LogP contribution in [0.25, 0.3) is 0 Å². The number of hydrogen-bond acceptors (Lipinski definition) is 5. The van der Waals surface area contributed by atoms with Gasteiger partial charge in [-0.3, -0.25) is 9.59 Å². The van der Waals surface area contributed by atoms with E-state index in [1.807, 2.05) is 0 Å². The summed E-state index contributed by atoms with van der Waals surface area (Å²) in [6.07, 6.45) is 9.42. The summed E-state index contributed by atoms with van der Waals surface area (Å²) in [6.45, 7) is 7.90. The topological polar surface area (TPSA) is 72.8 Å². The monoisotopic (exact) mass is 406 g/mol. The van der Waals surface area contributed by atoms with Gasteiger partial charge in [0.1, 0.15) is 12.7 Å². The van der Waals surface area contributed by atoms with Crippen LogP contribution in [0.1, 0.15) is 85.5 Å². The molecular formula is C24H38O5. The van der Waals surface area contributed by atoms with Gasteiger partial charge in [0.2, 0.25) is 0 Å². The van der Waals surface area contributed by atoms with E-state index >= 15 is 0 Å². The number of esters is 2. The van der Waals surface area contributed by atoms with Gasteiger partial charge in [-0.25, -0.2) is 0 Å². The highest BCUT2D eigenvalue weighted by molar-refractivity contribution is 5.66. The summed E-state index contributed by atoms with van der Waals surface area (Å²) < 4.78 is 10.9. The molecule has 0 unspecified atom stereocenters. The number of hydrogen-bond donors (Lipinski definition) is 1. The van der Waals surface area contributed by atoms with Crippen LogP contribution in [-0.2, 0) is 19.1 Å². The highest BCUT2D eigenvalue weighted by atomic mass is 16.5. The first-order valence-corrected chi connectivity index (χ1v) is 11.6. The third kappa shape index (κ3) is 3.51. The quantitative estimate of drug-likeness (QED) is 0.709. The van der Waals surface area contributed by atoms with Gasteiger partial charge in [0, 0.05) is 19.3 Å². The van der Waals surface area contributed by atoms with Crippen LogP contribution in [0.2, 0.25) is 0 Å². The summed E-state index contributed by atoms with van der Waals surface area (Å²) >= 11 is 0. The number of carbonyl (C=O) groups excluding carboxylic acids is 2. The Morgan fingerprint density at radius 1 is 0.897 bits per heavy atom. The molecule has 0 heterocycles. The zero-order valence-corrected chi connectivity index (χ0v) is 18.5. The van der Waals surface area contributed by atoms with Crippen molar-refractivity contribution < 1.29 is 24.2 Å². The Morgan fingerprint density at radius 3 is 2.31 bits per heavy atom. The predicted octanol–water partition coefficient (Wildman–Crippen LogP) is 4.26. The lowest BCUT2D eigenvalue weighted by molar-refractivity contribution is -0.179. The number of rotatable bonds is 3. The number of aliphatic hydroxyl groups is 1. The van der Waals surface area contributed by atoms with E-state index < -0.39 is 5.60 Å². The summed E-state index contributed by atoms with van der Waals surface area (Å²) in [5.74, 6) is 2.07. The average molecular weight is 407 g/mol. The molecule has 4 rings (SSSR count). The normalized spacial score (nSPS) is 48.8. The lowest BCUT2D eigenvalue weighted by atomic mass is 9.44. The van der Waals surface area contributed by atoms with E-state index in [4.69, 9.17) is 9.47 Å². The van der Waals surface area contributed by atoms with Crippen molar-refractivity contribution in [3.8, 4) is 0 Å². The minimum atomic E-state index is -0.861. The molecule has 4 saturated carbocycles. The SMILES string of the molecule is CC(=O)OC[C@]1(O)CC[C@@]2(C)[C@@H](CC[C@@H]3[C@@H]2CC[C@]2(C)[C@@H](OC(C)=O)CC[C@@H]32)C1. The maximum atomic E-state index is 11.6. The fourth-order valence-corrected chi connectivity index (χ4v) is 8.04. The smallest absolute Gasteiger partial charge is 0.302 e. The van der Waals surface area contributed by atoms with Crippen molar-refractivity contribution in [1.82, 2.24) is 0 Å². The largest absolute Gasteiger partial charge is 0.463 e. The Hall–Kier alpha value is -1.10. The van der Waals surface area contributed by atoms with E-state index in [2.05, 4.69) is 13.8 Å². The summed E-state index contributed by atoms with van der Waals surface area (Å²) in [5, 5.41) is 11.1. The van der Waals surface area contributed by atoms with Gasteiger partial charge >= 0.3 is 11.9 Å². The minimum Gasteiger partial charge on any atom is -0.463 e. The van der Waals surface area contributed by atoms with Crippen LogP contribution in [0.3, 0.4) is 0 Å². The van der Waals surface area contributed by atoms with E-state index in [-0.39, 0.29) is 35.5 Å². The van der Waals surface area contributed by atoms with Crippen LogP contribution in [0, 0.1) is 34.5 Å². The molecule has 0 aromatic heterocycles. The number of ether oxygens (including phenoxy) is 2. The van der Waals surface area contributed by atoms with Crippen molar-refractivity contribution in [3.63, 3.8) is 0 Å². The Labute approximate surface area is 174 Å². The van der Waals surface area contributed by atoms with Gasteiger partial charge in [0.25, 0.3) is 0 Å². The first kappa shape index (κ1) is 21.1. The van der Waals surface area contributed by atoms with Gasteiger partial charge < -0.3 is 14.6 Å². The van der Waals surface area contributed by atoms with Gasteiger partial charge in [-0.1, -0.05) is 13.8 Å². The zero-order valence-electron chi connectivity index (χ0n) is 18.5. The third-order valence-electron chi connectivity index (χ3n) is 9.59. The molecule has 1 N–H and O–H groups in total. The molecule has 4 aliphatic carbocycles. The summed E-state index contributed by atoms with van der Waals surface area (Å²) in [6, 6.07) is 0. The predicted molar refractivity (Wildman–Crippen MR) is 109 cm³/mol. The molecule has 29 heavy (non-hydrogen) atoms. The number of carbonyl (C=O) groups is 2. The molecule has 5 heteroatoms. The maximum Gasteiger partial charge on any atom is 0.302 e. The van der Waals surface area contributed by atoms with Gasteiger partial charge in [-0.15, -0.1) is 0 Å². The van der Waals surface area contributed by atoms with Gasteiger partial charge in [-0.05, 0) is 86.9 Å². The average Bonchev–Trinajstić information content (AvgIpc) is 2.97. The van der Waals surface area contributed by atoms with Gasteiger partial charge in [0.05, 0.1) is 5.60 Å². The first-order chi connectivity index (χ1) is 13.6. The molecule has 0 bridgehead atoms. The molecule has 0 aromatic rings. The van der Waals surface area contributed by atoms with Crippen LogP contribution >= 0.6 is 0 Å². The molecule has 0 saturated heterocycles. The Bertz CT molecular complexity index is 676. The Kier molecular flexibility index (Phi) is 5.28. The molecule has 0 aliphatic heterocycles. The second-order valence-electron chi connectivity index (χ2n) is 11.1. The second kappa shape index (κ2) is 7.25. The van der Waals surface area contributed by atoms with Crippen LogP contribution in [0.5, 0.6) is 0 Å². The molecule has 164 valence electrons. The lowest BCUT2D eigenvalue weighted by Crippen LogP contribution is -2.57. The molecule has 4 fully saturated rings. The summed E-state index contributed by atoms with van der Waals surface area (Å²) in [4.78, 5) is 22.8.